The molecule has 3 atom stereocenters. The van der Waals surface area contributed by atoms with Crippen LogP contribution in [0, 0.1) is 0 Å². The van der Waals surface area contributed by atoms with Crippen LogP contribution in [-0.4, -0.2) is 70.0 Å². The van der Waals surface area contributed by atoms with Crippen molar-refractivity contribution in [2.45, 2.75) is 58.1 Å². The van der Waals surface area contributed by atoms with Crippen molar-refractivity contribution < 1.29 is 38.3 Å². The van der Waals surface area contributed by atoms with Crippen molar-refractivity contribution in [3.05, 3.63) is 35.9 Å². The largest absolute Gasteiger partial charge is 0.445 e. The summed E-state index contributed by atoms with van der Waals surface area (Å²) in [5, 5.41) is 7.08. The third-order valence-electron chi connectivity index (χ3n) is 4.73. The molecular weight excluding hydrogens is 467 g/mol. The summed E-state index contributed by atoms with van der Waals surface area (Å²) >= 11 is 0. The number of carbonyl (C=O) groups excluding carboxylic acids is 4. The summed E-state index contributed by atoms with van der Waals surface area (Å²) in [4.78, 5) is 68.4. The monoisotopic (exact) mass is 500 g/mol. The third-order valence-corrected chi connectivity index (χ3v) is 5.87. The van der Waals surface area contributed by atoms with Crippen LogP contribution in [0.25, 0.3) is 0 Å². The molecule has 0 aliphatic rings. The molecule has 0 aliphatic carbocycles. The van der Waals surface area contributed by atoms with Crippen LogP contribution in [0.3, 0.4) is 0 Å². The van der Waals surface area contributed by atoms with Gasteiger partial charge in [0.15, 0.2) is 0 Å². The summed E-state index contributed by atoms with van der Waals surface area (Å²) in [7, 11) is -3.14. The molecule has 5 N–H and O–H groups in total. The molecule has 1 aromatic rings. The van der Waals surface area contributed by atoms with E-state index in [1.807, 2.05) is 18.2 Å². The molecule has 12 nitrogen and oxygen atoms in total. The van der Waals surface area contributed by atoms with Crippen LogP contribution in [0.5, 0.6) is 0 Å². The number of ether oxygens (including phenoxy) is 1. The van der Waals surface area contributed by atoms with Crippen molar-refractivity contribution >= 4 is 31.4 Å². The number of likely N-dealkylation sites (N-methyl/N-ethyl adjacent to an activating group) is 1. The molecule has 4 amide bonds. The zero-order chi connectivity index (χ0) is 25.9. The van der Waals surface area contributed by atoms with Gasteiger partial charge in [-0.3, -0.25) is 18.9 Å². The van der Waals surface area contributed by atoms with Gasteiger partial charge >= 0.3 is 13.7 Å². The standard InChI is InChI=1S/C21H33N4O8P/c1-5-9-17(20(28)22-14(2)19(27)23-15(3)34(30,31)32)24-18(26)12-25(4)21(29)33-13-16-10-7-6-8-11-16/h6-8,10-11,14-15,17H,5,9,12-13H2,1-4H3,(H,22,28)(H,23,27)(H,24,26)(H2,30,31,32)/t14-,15+,17-/m0/s1. The molecule has 190 valence electrons. The Labute approximate surface area is 198 Å². The number of hydrogen-bond donors (Lipinski definition) is 5. The maximum Gasteiger partial charge on any atom is 0.410 e. The van der Waals surface area contributed by atoms with E-state index in [2.05, 4.69) is 16.0 Å². The number of nitrogens with one attached hydrogen (secondary N) is 3. The Morgan fingerprint density at radius 3 is 2.21 bits per heavy atom. The molecule has 0 heterocycles. The molecule has 0 unspecified atom stereocenters. The minimum absolute atomic E-state index is 0.0487. The molecule has 1 aromatic carbocycles. The van der Waals surface area contributed by atoms with E-state index >= 15 is 0 Å². The van der Waals surface area contributed by atoms with E-state index < -0.39 is 49.3 Å². The summed E-state index contributed by atoms with van der Waals surface area (Å²) in [5.41, 5.74) is 0.793. The van der Waals surface area contributed by atoms with E-state index in [1.54, 1.807) is 19.1 Å². The molecule has 0 aliphatic heterocycles. The Hall–Kier alpha value is -2.95. The number of amides is 4. The van der Waals surface area contributed by atoms with Gasteiger partial charge in [-0.2, -0.15) is 0 Å². The Kier molecular flexibility index (Phi) is 11.7. The molecule has 0 aromatic heterocycles. The zero-order valence-electron chi connectivity index (χ0n) is 19.7. The summed E-state index contributed by atoms with van der Waals surface area (Å²) in [5.74, 6) is -3.44. The van der Waals surface area contributed by atoms with Gasteiger partial charge in [0.2, 0.25) is 17.7 Å². The molecule has 0 fully saturated rings. The fourth-order valence-corrected chi connectivity index (χ4v) is 3.00. The fourth-order valence-electron chi connectivity index (χ4n) is 2.70. The Morgan fingerprint density at radius 2 is 1.65 bits per heavy atom. The second kappa shape index (κ2) is 13.7. The predicted octanol–water partition coefficient (Wildman–Crippen LogP) is 0.685. The fraction of sp³-hybridized carbons (Fsp3) is 0.524. The zero-order valence-corrected chi connectivity index (χ0v) is 20.6. The first-order valence-electron chi connectivity index (χ1n) is 10.7. The molecular formula is C21H33N4O8P. The first-order valence-corrected chi connectivity index (χ1v) is 12.4. The van der Waals surface area contributed by atoms with Gasteiger partial charge in [-0.05, 0) is 25.8 Å². The number of benzene rings is 1. The van der Waals surface area contributed by atoms with E-state index in [1.165, 1.54) is 14.0 Å². The minimum Gasteiger partial charge on any atom is -0.445 e. The van der Waals surface area contributed by atoms with Crippen molar-refractivity contribution in [3.8, 4) is 0 Å². The van der Waals surface area contributed by atoms with Crippen molar-refractivity contribution in [2.24, 2.45) is 0 Å². The number of rotatable bonds is 12. The van der Waals surface area contributed by atoms with Crippen molar-refractivity contribution in [1.29, 1.82) is 0 Å². The van der Waals surface area contributed by atoms with Crippen LogP contribution >= 0.6 is 7.60 Å². The summed E-state index contributed by atoms with van der Waals surface area (Å²) < 4.78 is 16.3. The second-order valence-corrected chi connectivity index (χ2v) is 9.76. The molecule has 0 bridgehead atoms. The minimum atomic E-state index is -4.52. The van der Waals surface area contributed by atoms with Gasteiger partial charge in [0.1, 0.15) is 31.0 Å². The van der Waals surface area contributed by atoms with Crippen LogP contribution < -0.4 is 16.0 Å². The highest BCUT2D eigenvalue weighted by Crippen LogP contribution is 2.39. The average molecular weight is 500 g/mol. The van der Waals surface area contributed by atoms with E-state index in [-0.39, 0.29) is 19.6 Å². The number of hydrogen-bond acceptors (Lipinski definition) is 6. The molecule has 0 radical (unpaired) electrons. The Morgan fingerprint density at radius 1 is 1.03 bits per heavy atom. The van der Waals surface area contributed by atoms with Gasteiger partial charge in [-0.1, -0.05) is 43.7 Å². The van der Waals surface area contributed by atoms with Crippen LogP contribution in [0.4, 0.5) is 4.79 Å². The Balaban J connectivity index is 2.59. The molecule has 1 rings (SSSR count). The highest BCUT2D eigenvalue weighted by Gasteiger charge is 2.29. The van der Waals surface area contributed by atoms with Crippen LogP contribution in [-0.2, 0) is 30.3 Å². The van der Waals surface area contributed by atoms with Gasteiger partial charge in [-0.25, -0.2) is 4.79 Å². The maximum atomic E-state index is 12.6. The lowest BCUT2D eigenvalue weighted by Crippen LogP contribution is -2.54. The Bertz CT molecular complexity index is 892. The van der Waals surface area contributed by atoms with Crippen LogP contribution in [0.1, 0.15) is 39.2 Å². The van der Waals surface area contributed by atoms with E-state index in [9.17, 15) is 23.7 Å². The van der Waals surface area contributed by atoms with Gasteiger partial charge in [-0.15, -0.1) is 0 Å². The molecule has 34 heavy (non-hydrogen) atoms. The number of nitrogens with zero attached hydrogens (tertiary/aromatic N) is 1. The van der Waals surface area contributed by atoms with E-state index in [4.69, 9.17) is 14.5 Å². The highest BCUT2D eigenvalue weighted by atomic mass is 31.2. The van der Waals surface area contributed by atoms with Gasteiger partial charge in [0, 0.05) is 7.05 Å². The van der Waals surface area contributed by atoms with E-state index in [0.29, 0.717) is 6.42 Å². The molecule has 13 heteroatoms. The first kappa shape index (κ1) is 29.1. The van der Waals surface area contributed by atoms with Crippen molar-refractivity contribution in [1.82, 2.24) is 20.9 Å². The summed E-state index contributed by atoms with van der Waals surface area (Å²) in [6, 6.07) is 6.96. The van der Waals surface area contributed by atoms with Crippen LogP contribution in [0.2, 0.25) is 0 Å². The number of carbonyl (C=O) groups is 4. The lowest BCUT2D eigenvalue weighted by Gasteiger charge is -2.23. The SMILES string of the molecule is CCC[C@H](NC(=O)CN(C)C(=O)OCc1ccccc1)C(=O)N[C@@H](C)C(=O)N[C@@H](C)P(=O)(O)O. The topological polar surface area (TPSA) is 174 Å². The van der Waals surface area contributed by atoms with Gasteiger partial charge in [0.05, 0.1) is 0 Å². The molecule has 0 saturated heterocycles. The normalized spacial score (nSPS) is 13.7. The van der Waals surface area contributed by atoms with Crippen molar-refractivity contribution in [3.63, 3.8) is 0 Å². The quantitative estimate of drug-likeness (QED) is 0.261. The van der Waals surface area contributed by atoms with Crippen molar-refractivity contribution in [2.75, 3.05) is 13.6 Å². The predicted molar refractivity (Wildman–Crippen MR) is 123 cm³/mol. The highest BCUT2D eigenvalue weighted by molar-refractivity contribution is 7.52. The summed E-state index contributed by atoms with van der Waals surface area (Å²) in [6.07, 6.45) is 0.107. The first-order chi connectivity index (χ1) is 15.8. The third kappa shape index (κ3) is 10.3. The van der Waals surface area contributed by atoms with Crippen LogP contribution in [0.15, 0.2) is 30.3 Å². The molecule has 0 saturated carbocycles. The van der Waals surface area contributed by atoms with Gasteiger partial charge in [0.25, 0.3) is 0 Å². The molecule has 0 spiro atoms. The maximum absolute atomic E-state index is 12.6. The lowest BCUT2D eigenvalue weighted by molar-refractivity contribution is -0.132. The van der Waals surface area contributed by atoms with Gasteiger partial charge < -0.3 is 35.4 Å². The smallest absolute Gasteiger partial charge is 0.410 e. The second-order valence-electron chi connectivity index (χ2n) is 7.81. The van der Waals surface area contributed by atoms with E-state index in [0.717, 1.165) is 17.4 Å². The lowest BCUT2D eigenvalue weighted by atomic mass is 10.1. The average Bonchev–Trinajstić information content (AvgIpc) is 2.76. The summed E-state index contributed by atoms with van der Waals surface area (Å²) in [6.45, 7) is 4.00.